The van der Waals surface area contributed by atoms with Crippen LogP contribution in [0.5, 0.6) is 11.5 Å². The molecular weight excluding hydrogens is 394 g/mol. The minimum atomic E-state index is -2.36. The van der Waals surface area contributed by atoms with Crippen molar-refractivity contribution in [1.29, 1.82) is 0 Å². The predicted molar refractivity (Wildman–Crippen MR) is 92.3 cm³/mol. The SMILES string of the molecule is COc1cc(Br)c([C@H](CC(F)F)N2CCNCC2)cc1OC.Cl. The van der Waals surface area contributed by atoms with Crippen LogP contribution in [0.3, 0.4) is 0 Å². The Bertz CT molecular complexity index is 503. The summed E-state index contributed by atoms with van der Waals surface area (Å²) in [6.07, 6.45) is -2.56. The van der Waals surface area contributed by atoms with Crippen LogP contribution in [0.4, 0.5) is 8.78 Å². The first-order valence-corrected chi connectivity index (χ1v) is 8.00. The molecule has 0 bridgehead atoms. The average molecular weight is 416 g/mol. The Kier molecular flexibility index (Phi) is 8.53. The molecule has 4 nitrogen and oxygen atoms in total. The molecule has 1 atom stereocenters. The highest BCUT2D eigenvalue weighted by molar-refractivity contribution is 9.10. The summed E-state index contributed by atoms with van der Waals surface area (Å²) in [5, 5.41) is 3.24. The van der Waals surface area contributed by atoms with Gasteiger partial charge in [-0.1, -0.05) is 15.9 Å². The van der Waals surface area contributed by atoms with Gasteiger partial charge in [-0.2, -0.15) is 0 Å². The zero-order valence-corrected chi connectivity index (χ0v) is 15.6. The van der Waals surface area contributed by atoms with Crippen molar-refractivity contribution >= 4 is 28.3 Å². The Morgan fingerprint density at radius 2 is 1.74 bits per heavy atom. The lowest BCUT2D eigenvalue weighted by Gasteiger charge is -2.35. The molecule has 23 heavy (non-hydrogen) atoms. The van der Waals surface area contributed by atoms with E-state index in [9.17, 15) is 8.78 Å². The molecule has 1 fully saturated rings. The summed E-state index contributed by atoms with van der Waals surface area (Å²) in [6, 6.07) is 3.21. The van der Waals surface area contributed by atoms with Gasteiger partial charge in [0.25, 0.3) is 0 Å². The van der Waals surface area contributed by atoms with Crippen LogP contribution >= 0.6 is 28.3 Å². The number of methoxy groups -OCH3 is 2. The van der Waals surface area contributed by atoms with Gasteiger partial charge >= 0.3 is 0 Å². The van der Waals surface area contributed by atoms with Crippen LogP contribution in [-0.4, -0.2) is 51.7 Å². The lowest BCUT2D eigenvalue weighted by atomic mass is 10.0. The number of alkyl halides is 2. The predicted octanol–water partition coefficient (Wildman–Crippen LogP) is 3.49. The molecule has 0 aliphatic carbocycles. The monoisotopic (exact) mass is 414 g/mol. The molecule has 2 rings (SSSR count). The second-order valence-corrected chi connectivity index (χ2v) is 6.01. The van der Waals surface area contributed by atoms with Crippen molar-refractivity contribution in [2.45, 2.75) is 18.9 Å². The number of piperazine rings is 1. The zero-order chi connectivity index (χ0) is 16.1. The van der Waals surface area contributed by atoms with Gasteiger partial charge in [0.2, 0.25) is 6.43 Å². The molecule has 1 heterocycles. The first-order chi connectivity index (χ1) is 10.6. The first-order valence-electron chi connectivity index (χ1n) is 7.21. The Balaban J connectivity index is 0.00000264. The smallest absolute Gasteiger partial charge is 0.240 e. The van der Waals surface area contributed by atoms with Gasteiger partial charge in [-0.3, -0.25) is 4.90 Å². The molecule has 1 aliphatic rings. The molecule has 1 aliphatic heterocycles. The first kappa shape index (κ1) is 20.4. The molecular formula is C15H22BrClF2N2O2. The van der Waals surface area contributed by atoms with Gasteiger partial charge in [0.05, 0.1) is 14.2 Å². The maximum atomic E-state index is 13.1. The number of halogens is 4. The van der Waals surface area contributed by atoms with E-state index in [0.29, 0.717) is 11.5 Å². The minimum Gasteiger partial charge on any atom is -0.493 e. The number of hydrogen-bond donors (Lipinski definition) is 1. The van der Waals surface area contributed by atoms with Gasteiger partial charge < -0.3 is 14.8 Å². The van der Waals surface area contributed by atoms with Gasteiger partial charge in [-0.25, -0.2) is 8.78 Å². The van der Waals surface area contributed by atoms with Crippen LogP contribution in [-0.2, 0) is 0 Å². The van der Waals surface area contributed by atoms with Crippen molar-refractivity contribution in [3.05, 3.63) is 22.2 Å². The fourth-order valence-corrected chi connectivity index (χ4v) is 3.35. The molecule has 0 aromatic heterocycles. The molecule has 1 N–H and O–H groups in total. The maximum absolute atomic E-state index is 13.1. The third-order valence-electron chi connectivity index (χ3n) is 3.86. The Hall–Kier alpha value is -0.630. The van der Waals surface area contributed by atoms with E-state index >= 15 is 0 Å². The number of nitrogens with one attached hydrogen (secondary N) is 1. The zero-order valence-electron chi connectivity index (χ0n) is 13.2. The van der Waals surface area contributed by atoms with Crippen LogP contribution in [0.2, 0.25) is 0 Å². The van der Waals surface area contributed by atoms with Gasteiger partial charge in [0.15, 0.2) is 11.5 Å². The van der Waals surface area contributed by atoms with Crippen molar-refractivity contribution in [3.8, 4) is 11.5 Å². The molecule has 1 aromatic rings. The summed E-state index contributed by atoms with van der Waals surface area (Å²) in [4.78, 5) is 2.09. The van der Waals surface area contributed by atoms with E-state index in [0.717, 1.165) is 36.2 Å². The van der Waals surface area contributed by atoms with Crippen molar-refractivity contribution in [1.82, 2.24) is 10.2 Å². The molecule has 0 amide bonds. The topological polar surface area (TPSA) is 33.7 Å². The second kappa shape index (κ2) is 9.61. The summed E-state index contributed by atoms with van der Waals surface area (Å²) in [5.74, 6) is 1.13. The van der Waals surface area contributed by atoms with E-state index in [2.05, 4.69) is 26.1 Å². The van der Waals surface area contributed by atoms with Crippen LogP contribution < -0.4 is 14.8 Å². The molecule has 8 heteroatoms. The van der Waals surface area contributed by atoms with Crippen LogP contribution in [0, 0.1) is 0 Å². The van der Waals surface area contributed by atoms with E-state index < -0.39 is 6.43 Å². The lowest BCUT2D eigenvalue weighted by Crippen LogP contribution is -2.45. The highest BCUT2D eigenvalue weighted by Crippen LogP contribution is 2.39. The van der Waals surface area contributed by atoms with Crippen molar-refractivity contribution < 1.29 is 18.3 Å². The molecule has 0 unspecified atom stereocenters. The normalized spacial score (nSPS) is 16.8. The quantitative estimate of drug-likeness (QED) is 0.771. The minimum absolute atomic E-state index is 0. The van der Waals surface area contributed by atoms with Gasteiger partial charge in [-0.05, 0) is 17.7 Å². The average Bonchev–Trinajstić information content (AvgIpc) is 2.53. The fraction of sp³-hybridized carbons (Fsp3) is 0.600. The maximum Gasteiger partial charge on any atom is 0.240 e. The van der Waals surface area contributed by atoms with E-state index in [1.54, 1.807) is 26.4 Å². The van der Waals surface area contributed by atoms with Crippen molar-refractivity contribution in [2.75, 3.05) is 40.4 Å². The third-order valence-corrected chi connectivity index (χ3v) is 4.54. The Labute approximate surface area is 150 Å². The molecule has 0 saturated carbocycles. The van der Waals surface area contributed by atoms with Gasteiger partial charge in [0, 0.05) is 43.1 Å². The van der Waals surface area contributed by atoms with Crippen LogP contribution in [0.15, 0.2) is 16.6 Å². The van der Waals surface area contributed by atoms with Gasteiger partial charge in [-0.15, -0.1) is 12.4 Å². The lowest BCUT2D eigenvalue weighted by molar-refractivity contribution is 0.0735. The third kappa shape index (κ3) is 5.17. The number of rotatable bonds is 6. The number of ether oxygens (including phenoxy) is 2. The van der Waals surface area contributed by atoms with Gasteiger partial charge in [0.1, 0.15) is 0 Å². The summed E-state index contributed by atoms with van der Waals surface area (Å²) >= 11 is 3.49. The second-order valence-electron chi connectivity index (χ2n) is 5.16. The number of nitrogens with zero attached hydrogens (tertiary/aromatic N) is 1. The molecule has 132 valence electrons. The highest BCUT2D eigenvalue weighted by Gasteiger charge is 2.28. The van der Waals surface area contributed by atoms with E-state index in [1.807, 2.05) is 0 Å². The molecule has 1 aromatic carbocycles. The molecule has 0 radical (unpaired) electrons. The number of benzene rings is 1. The summed E-state index contributed by atoms with van der Waals surface area (Å²) in [6.45, 7) is 3.12. The van der Waals surface area contributed by atoms with E-state index in [4.69, 9.17) is 9.47 Å². The number of hydrogen-bond acceptors (Lipinski definition) is 4. The summed E-state index contributed by atoms with van der Waals surface area (Å²) in [5.41, 5.74) is 0.805. The summed E-state index contributed by atoms with van der Waals surface area (Å²) < 4.78 is 37.5. The Morgan fingerprint density at radius 1 is 1.17 bits per heavy atom. The Morgan fingerprint density at radius 3 is 2.26 bits per heavy atom. The van der Waals surface area contributed by atoms with Crippen LogP contribution in [0.1, 0.15) is 18.0 Å². The summed E-state index contributed by atoms with van der Waals surface area (Å²) in [7, 11) is 3.10. The largest absolute Gasteiger partial charge is 0.493 e. The van der Waals surface area contributed by atoms with Crippen molar-refractivity contribution in [2.24, 2.45) is 0 Å². The molecule has 0 spiro atoms. The van der Waals surface area contributed by atoms with Crippen LogP contribution in [0.25, 0.3) is 0 Å². The standard InChI is InChI=1S/C15H21BrF2N2O2.ClH/c1-21-13-7-10(11(16)8-14(13)22-2)12(9-15(17)18)20-5-3-19-4-6-20;/h7-8,12,15,19H,3-6,9H2,1-2H3;1H/t12-;/m0./s1. The fourth-order valence-electron chi connectivity index (χ4n) is 2.76. The van der Waals surface area contributed by atoms with E-state index in [-0.39, 0.29) is 24.9 Å². The highest BCUT2D eigenvalue weighted by atomic mass is 79.9. The molecule has 1 saturated heterocycles. The van der Waals surface area contributed by atoms with E-state index in [1.165, 1.54) is 0 Å². The van der Waals surface area contributed by atoms with Crippen molar-refractivity contribution in [3.63, 3.8) is 0 Å².